The minimum absolute atomic E-state index is 0.0968. The predicted molar refractivity (Wildman–Crippen MR) is 126 cm³/mol. The molecule has 32 heavy (non-hydrogen) atoms. The van der Waals surface area contributed by atoms with Crippen molar-refractivity contribution in [3.8, 4) is 23.3 Å². The molecule has 1 atom stereocenters. The van der Waals surface area contributed by atoms with E-state index in [0.717, 1.165) is 33.5 Å². The van der Waals surface area contributed by atoms with Gasteiger partial charge in [-0.25, -0.2) is 0 Å². The van der Waals surface area contributed by atoms with Crippen LogP contribution < -0.4 is 4.74 Å². The second-order valence-corrected chi connectivity index (χ2v) is 9.15. The van der Waals surface area contributed by atoms with Gasteiger partial charge in [0.15, 0.2) is 11.0 Å². The zero-order valence-electron chi connectivity index (χ0n) is 18.7. The van der Waals surface area contributed by atoms with Crippen molar-refractivity contribution in [3.05, 3.63) is 59.7 Å². The number of hydrogen-bond acceptors (Lipinski definition) is 6. The van der Waals surface area contributed by atoms with Crippen LogP contribution in [-0.2, 0) is 11.3 Å². The van der Waals surface area contributed by atoms with Crippen LogP contribution in [0.4, 0.5) is 0 Å². The fourth-order valence-electron chi connectivity index (χ4n) is 3.62. The van der Waals surface area contributed by atoms with Crippen molar-refractivity contribution in [2.75, 3.05) is 7.11 Å². The maximum absolute atomic E-state index is 6.09. The smallest absolute Gasteiger partial charge is 0.196 e. The molecule has 0 amide bonds. The van der Waals surface area contributed by atoms with E-state index in [9.17, 15) is 0 Å². The lowest BCUT2D eigenvalue weighted by atomic mass is 10.1. The summed E-state index contributed by atoms with van der Waals surface area (Å²) in [5.41, 5.74) is 2.98. The average molecular weight is 449 g/mol. The first-order valence-electron chi connectivity index (χ1n) is 10.9. The number of thioether (sulfide) groups is 1. The first-order valence-corrected chi connectivity index (χ1v) is 11.8. The first kappa shape index (κ1) is 22.4. The standard InChI is InChI=1S/C25H28N4O2S/c1-18-15-22(13-12-20(18)11-10-19(2)30-3)31-17-24-27-28-25(32-23-8-4-5-9-23)29(24)21-7-6-14-26-16-21/h6-7,12-16,19,23H,4-5,8-9,17H2,1-3H3. The van der Waals surface area contributed by atoms with Crippen molar-refractivity contribution in [2.45, 2.75) is 62.6 Å². The molecule has 0 N–H and O–H groups in total. The van der Waals surface area contributed by atoms with Crippen LogP contribution in [0.3, 0.4) is 0 Å². The van der Waals surface area contributed by atoms with Crippen LogP contribution in [0.5, 0.6) is 5.75 Å². The highest BCUT2D eigenvalue weighted by Crippen LogP contribution is 2.35. The Balaban J connectivity index is 1.52. The highest BCUT2D eigenvalue weighted by Gasteiger charge is 2.22. The Morgan fingerprint density at radius 1 is 1.22 bits per heavy atom. The predicted octanol–water partition coefficient (Wildman–Crippen LogP) is 4.97. The molecule has 1 aliphatic carbocycles. The molecule has 166 valence electrons. The van der Waals surface area contributed by atoms with Crippen molar-refractivity contribution >= 4 is 11.8 Å². The number of nitrogens with zero attached hydrogens (tertiary/aromatic N) is 4. The summed E-state index contributed by atoms with van der Waals surface area (Å²) in [5, 5.41) is 10.4. The number of aromatic nitrogens is 4. The summed E-state index contributed by atoms with van der Waals surface area (Å²) in [6, 6.07) is 9.87. The molecule has 0 radical (unpaired) electrons. The van der Waals surface area contributed by atoms with Crippen LogP contribution in [0, 0.1) is 18.8 Å². The van der Waals surface area contributed by atoms with Crippen LogP contribution in [0.15, 0.2) is 47.9 Å². The first-order chi connectivity index (χ1) is 15.6. The summed E-state index contributed by atoms with van der Waals surface area (Å²) in [4.78, 5) is 4.28. The van der Waals surface area contributed by atoms with Gasteiger partial charge in [0.1, 0.15) is 18.5 Å². The SMILES string of the molecule is COC(C)C#Cc1ccc(OCc2nnc(SC3CCCC3)n2-c2cccnc2)cc1C. The van der Waals surface area contributed by atoms with E-state index in [0.29, 0.717) is 11.9 Å². The third-order valence-corrected chi connectivity index (χ3v) is 6.79. The highest BCUT2D eigenvalue weighted by molar-refractivity contribution is 7.99. The van der Waals surface area contributed by atoms with E-state index in [1.165, 1.54) is 25.7 Å². The Morgan fingerprint density at radius 2 is 2.06 bits per heavy atom. The van der Waals surface area contributed by atoms with E-state index in [-0.39, 0.29) is 6.10 Å². The van der Waals surface area contributed by atoms with Gasteiger partial charge in [0, 0.05) is 24.1 Å². The normalized spacial score (nSPS) is 14.7. The number of methoxy groups -OCH3 is 1. The van der Waals surface area contributed by atoms with Gasteiger partial charge in [0.25, 0.3) is 0 Å². The Kier molecular flexibility index (Phi) is 7.46. The van der Waals surface area contributed by atoms with Gasteiger partial charge in [-0.3, -0.25) is 9.55 Å². The Bertz CT molecular complexity index is 1100. The largest absolute Gasteiger partial charge is 0.486 e. The molecule has 6 nitrogen and oxygen atoms in total. The van der Waals surface area contributed by atoms with Crippen molar-refractivity contribution in [1.29, 1.82) is 0 Å². The molecule has 1 aromatic carbocycles. The van der Waals surface area contributed by atoms with Crippen LogP contribution in [0.25, 0.3) is 5.69 Å². The molecule has 0 bridgehead atoms. The van der Waals surface area contributed by atoms with E-state index in [1.54, 1.807) is 13.3 Å². The number of rotatable bonds is 7. The third-order valence-electron chi connectivity index (χ3n) is 5.51. The lowest BCUT2D eigenvalue weighted by molar-refractivity contribution is 0.163. The Morgan fingerprint density at radius 3 is 2.78 bits per heavy atom. The molecule has 1 unspecified atom stereocenters. The van der Waals surface area contributed by atoms with Crippen LogP contribution in [-0.4, -0.2) is 38.2 Å². The van der Waals surface area contributed by atoms with Crippen LogP contribution >= 0.6 is 11.8 Å². The summed E-state index contributed by atoms with van der Waals surface area (Å²) < 4.78 is 13.4. The van der Waals surface area contributed by atoms with Gasteiger partial charge in [0.05, 0.1) is 11.9 Å². The number of ether oxygens (including phenoxy) is 2. The second kappa shape index (κ2) is 10.7. The molecule has 1 fully saturated rings. The van der Waals surface area contributed by atoms with Crippen LogP contribution in [0.2, 0.25) is 0 Å². The van der Waals surface area contributed by atoms with E-state index < -0.39 is 0 Å². The highest BCUT2D eigenvalue weighted by atomic mass is 32.2. The molecule has 0 saturated heterocycles. The van der Waals surface area contributed by atoms with Gasteiger partial charge >= 0.3 is 0 Å². The fourth-order valence-corrected chi connectivity index (χ4v) is 4.89. The molecule has 3 aromatic rings. The summed E-state index contributed by atoms with van der Waals surface area (Å²) in [6.07, 6.45) is 8.55. The fraction of sp³-hybridized carbons (Fsp3) is 0.400. The van der Waals surface area contributed by atoms with E-state index in [4.69, 9.17) is 9.47 Å². The molecule has 0 aliphatic heterocycles. The summed E-state index contributed by atoms with van der Waals surface area (Å²) in [7, 11) is 1.66. The Hall–Kier alpha value is -2.82. The average Bonchev–Trinajstić information content (AvgIpc) is 3.47. The second-order valence-electron chi connectivity index (χ2n) is 7.88. The zero-order valence-corrected chi connectivity index (χ0v) is 19.6. The molecular formula is C25H28N4O2S. The van der Waals surface area contributed by atoms with Gasteiger partial charge < -0.3 is 9.47 Å². The molecule has 2 aromatic heterocycles. The molecular weight excluding hydrogens is 420 g/mol. The molecule has 0 spiro atoms. The van der Waals surface area contributed by atoms with Gasteiger partial charge in [-0.2, -0.15) is 0 Å². The molecule has 4 rings (SSSR count). The molecule has 1 aliphatic rings. The maximum atomic E-state index is 6.09. The third kappa shape index (κ3) is 5.50. The van der Waals surface area contributed by atoms with Crippen molar-refractivity contribution in [3.63, 3.8) is 0 Å². The van der Waals surface area contributed by atoms with Gasteiger partial charge in [-0.05, 0) is 62.6 Å². The zero-order chi connectivity index (χ0) is 22.3. The molecule has 2 heterocycles. The lowest BCUT2D eigenvalue weighted by Crippen LogP contribution is -2.08. The van der Waals surface area contributed by atoms with E-state index in [1.807, 2.05) is 62.1 Å². The van der Waals surface area contributed by atoms with Crippen molar-refractivity contribution in [2.24, 2.45) is 0 Å². The van der Waals surface area contributed by atoms with Crippen molar-refractivity contribution < 1.29 is 9.47 Å². The minimum atomic E-state index is -0.0968. The van der Waals surface area contributed by atoms with Crippen molar-refractivity contribution in [1.82, 2.24) is 19.7 Å². The quantitative estimate of drug-likeness (QED) is 0.476. The minimum Gasteiger partial charge on any atom is -0.486 e. The Labute approximate surface area is 193 Å². The monoisotopic (exact) mass is 448 g/mol. The number of aryl methyl sites for hydroxylation is 1. The topological polar surface area (TPSA) is 62.1 Å². The molecule has 7 heteroatoms. The molecule has 1 saturated carbocycles. The summed E-state index contributed by atoms with van der Waals surface area (Å²) in [6.45, 7) is 4.28. The van der Waals surface area contributed by atoms with E-state index in [2.05, 4.69) is 31.6 Å². The lowest BCUT2D eigenvalue weighted by Gasteiger charge is -2.13. The van der Waals surface area contributed by atoms with Gasteiger partial charge in [-0.15, -0.1) is 10.2 Å². The van der Waals surface area contributed by atoms with Gasteiger partial charge in [-0.1, -0.05) is 36.4 Å². The van der Waals surface area contributed by atoms with Gasteiger partial charge in [0.2, 0.25) is 0 Å². The number of hydrogen-bond donors (Lipinski definition) is 0. The number of benzene rings is 1. The summed E-state index contributed by atoms with van der Waals surface area (Å²) in [5.74, 6) is 7.78. The summed E-state index contributed by atoms with van der Waals surface area (Å²) >= 11 is 1.81. The van der Waals surface area contributed by atoms with Crippen LogP contribution in [0.1, 0.15) is 49.6 Å². The maximum Gasteiger partial charge on any atom is 0.196 e. The van der Waals surface area contributed by atoms with E-state index >= 15 is 0 Å². The number of pyridine rings is 1.